The van der Waals surface area contributed by atoms with Crippen molar-refractivity contribution in [3.63, 3.8) is 0 Å². The average Bonchev–Trinajstić information content (AvgIpc) is 2.65. The third kappa shape index (κ3) is 1.74. The molecule has 0 unspecified atom stereocenters. The van der Waals surface area contributed by atoms with E-state index < -0.39 is 0 Å². The Bertz CT molecular complexity index is 439. The first-order valence-electron chi connectivity index (χ1n) is 4.03. The van der Waals surface area contributed by atoms with Gasteiger partial charge in [-0.25, -0.2) is 9.97 Å². The summed E-state index contributed by atoms with van der Waals surface area (Å²) in [4.78, 5) is 8.40. The molecule has 0 saturated carbocycles. The van der Waals surface area contributed by atoms with Crippen LogP contribution in [0.25, 0.3) is 11.4 Å². The molecule has 0 fully saturated rings. The lowest BCUT2D eigenvalue weighted by atomic mass is 10.3. The van der Waals surface area contributed by atoms with E-state index in [9.17, 15) is 0 Å². The molecule has 0 aliphatic carbocycles. The van der Waals surface area contributed by atoms with E-state index >= 15 is 0 Å². The van der Waals surface area contributed by atoms with E-state index in [4.69, 9.17) is 0 Å². The number of thioether (sulfide) groups is 1. The number of hydrogen-bond donors (Lipinski definition) is 0. The fourth-order valence-corrected chi connectivity index (χ4v) is 1.40. The van der Waals surface area contributed by atoms with E-state index in [0.29, 0.717) is 0 Å². The first-order valence-corrected chi connectivity index (χ1v) is 5.26. The van der Waals surface area contributed by atoms with Crippen LogP contribution in [0, 0.1) is 0 Å². The summed E-state index contributed by atoms with van der Waals surface area (Å²) in [5.74, 6) is 0. The first kappa shape index (κ1) is 9.14. The Balaban J connectivity index is 2.41. The van der Waals surface area contributed by atoms with Crippen molar-refractivity contribution in [1.29, 1.82) is 0 Å². The molecule has 0 atom stereocenters. The SMILES string of the molecule is CSc1nccc(-c2cn(C)nn2)n1. The second-order valence-corrected chi connectivity index (χ2v) is 3.48. The predicted octanol–water partition coefficient (Wildman–Crippen LogP) is 0.994. The highest BCUT2D eigenvalue weighted by atomic mass is 32.2. The minimum Gasteiger partial charge on any atom is -0.255 e. The summed E-state index contributed by atoms with van der Waals surface area (Å²) in [5, 5.41) is 8.57. The fourth-order valence-electron chi connectivity index (χ4n) is 1.05. The predicted molar refractivity (Wildman–Crippen MR) is 53.8 cm³/mol. The molecular formula is C8H9N5S. The maximum absolute atomic E-state index is 4.31. The van der Waals surface area contributed by atoms with Gasteiger partial charge in [-0.05, 0) is 12.3 Å². The van der Waals surface area contributed by atoms with Crippen molar-refractivity contribution in [2.24, 2.45) is 7.05 Å². The normalized spacial score (nSPS) is 10.4. The van der Waals surface area contributed by atoms with Crippen LogP contribution in [-0.4, -0.2) is 31.2 Å². The van der Waals surface area contributed by atoms with Crippen LogP contribution in [0.1, 0.15) is 0 Å². The molecule has 0 saturated heterocycles. The second-order valence-electron chi connectivity index (χ2n) is 2.71. The van der Waals surface area contributed by atoms with Crippen molar-refractivity contribution < 1.29 is 0 Å². The second kappa shape index (κ2) is 3.75. The minimum absolute atomic E-state index is 0.744. The van der Waals surface area contributed by atoms with Crippen LogP contribution in [0.5, 0.6) is 0 Å². The molecule has 2 aromatic heterocycles. The molecule has 0 radical (unpaired) electrons. The zero-order valence-corrected chi connectivity index (χ0v) is 8.69. The quantitative estimate of drug-likeness (QED) is 0.543. The lowest BCUT2D eigenvalue weighted by Gasteiger charge is -1.96. The average molecular weight is 207 g/mol. The molecule has 5 nitrogen and oxygen atoms in total. The first-order chi connectivity index (χ1) is 6.79. The van der Waals surface area contributed by atoms with Gasteiger partial charge in [0.05, 0.1) is 11.9 Å². The van der Waals surface area contributed by atoms with Crippen molar-refractivity contribution >= 4 is 11.8 Å². The molecule has 2 rings (SSSR count). The highest BCUT2D eigenvalue weighted by Crippen LogP contribution is 2.15. The van der Waals surface area contributed by atoms with E-state index in [1.807, 2.05) is 25.6 Å². The molecule has 0 aromatic carbocycles. The number of aryl methyl sites for hydroxylation is 1. The maximum Gasteiger partial charge on any atom is 0.187 e. The summed E-state index contributed by atoms with van der Waals surface area (Å²) in [6.07, 6.45) is 5.49. The molecule has 72 valence electrons. The largest absolute Gasteiger partial charge is 0.255 e. The van der Waals surface area contributed by atoms with Gasteiger partial charge in [0, 0.05) is 13.2 Å². The van der Waals surface area contributed by atoms with Crippen LogP contribution < -0.4 is 0 Å². The highest BCUT2D eigenvalue weighted by Gasteiger charge is 2.04. The Morgan fingerprint density at radius 3 is 2.86 bits per heavy atom. The van der Waals surface area contributed by atoms with Crippen LogP contribution in [-0.2, 0) is 7.05 Å². The van der Waals surface area contributed by atoms with Crippen LogP contribution in [0.4, 0.5) is 0 Å². The Kier molecular flexibility index (Phi) is 2.45. The Hall–Kier alpha value is -1.43. The molecule has 0 aliphatic rings. The van der Waals surface area contributed by atoms with Gasteiger partial charge in [-0.15, -0.1) is 5.10 Å². The van der Waals surface area contributed by atoms with Crippen LogP contribution in [0.3, 0.4) is 0 Å². The van der Waals surface area contributed by atoms with Gasteiger partial charge in [0.25, 0.3) is 0 Å². The molecule has 2 aromatic rings. The summed E-state index contributed by atoms with van der Waals surface area (Å²) >= 11 is 1.51. The topological polar surface area (TPSA) is 56.5 Å². The van der Waals surface area contributed by atoms with Crippen molar-refractivity contribution in [2.75, 3.05) is 6.26 Å². The molecule has 0 N–H and O–H groups in total. The van der Waals surface area contributed by atoms with Crippen molar-refractivity contribution in [2.45, 2.75) is 5.16 Å². The maximum atomic E-state index is 4.31. The molecule has 6 heteroatoms. The summed E-state index contributed by atoms with van der Waals surface area (Å²) in [6, 6.07) is 1.82. The van der Waals surface area contributed by atoms with E-state index in [1.54, 1.807) is 10.9 Å². The highest BCUT2D eigenvalue weighted by molar-refractivity contribution is 7.98. The number of aromatic nitrogens is 5. The summed E-state index contributed by atoms with van der Waals surface area (Å²) < 4.78 is 1.65. The Labute approximate surface area is 85.6 Å². The van der Waals surface area contributed by atoms with Gasteiger partial charge in [0.15, 0.2) is 5.16 Å². The smallest absolute Gasteiger partial charge is 0.187 e. The molecule has 14 heavy (non-hydrogen) atoms. The number of rotatable bonds is 2. The standard InChI is InChI=1S/C8H9N5S/c1-13-5-7(11-12-13)6-3-4-9-8(10-6)14-2/h3-5H,1-2H3. The van der Waals surface area contributed by atoms with E-state index in [-0.39, 0.29) is 0 Å². The molecule has 0 bridgehead atoms. The Morgan fingerprint density at radius 1 is 1.36 bits per heavy atom. The van der Waals surface area contributed by atoms with Crippen molar-refractivity contribution in [1.82, 2.24) is 25.0 Å². The third-order valence-corrected chi connectivity index (χ3v) is 2.24. The van der Waals surface area contributed by atoms with Gasteiger partial charge in [0.2, 0.25) is 0 Å². The van der Waals surface area contributed by atoms with Gasteiger partial charge >= 0.3 is 0 Å². The monoisotopic (exact) mass is 207 g/mol. The van der Waals surface area contributed by atoms with Gasteiger partial charge in [0.1, 0.15) is 5.69 Å². The summed E-state index contributed by atoms with van der Waals surface area (Å²) in [5.41, 5.74) is 1.57. The lowest BCUT2D eigenvalue weighted by Crippen LogP contribution is -1.88. The summed E-state index contributed by atoms with van der Waals surface area (Å²) in [6.45, 7) is 0. The van der Waals surface area contributed by atoms with Crippen LogP contribution >= 0.6 is 11.8 Å². The molecular weight excluding hydrogens is 198 g/mol. The van der Waals surface area contributed by atoms with Gasteiger partial charge in [-0.3, -0.25) is 4.68 Å². The third-order valence-electron chi connectivity index (χ3n) is 1.68. The lowest BCUT2D eigenvalue weighted by molar-refractivity contribution is 0.715. The molecule has 2 heterocycles. The molecule has 0 spiro atoms. The van der Waals surface area contributed by atoms with Crippen LogP contribution in [0.15, 0.2) is 23.6 Å². The van der Waals surface area contributed by atoms with Gasteiger partial charge in [-0.2, -0.15) is 0 Å². The molecule has 0 amide bonds. The van der Waals surface area contributed by atoms with Gasteiger partial charge in [-0.1, -0.05) is 17.0 Å². The number of hydrogen-bond acceptors (Lipinski definition) is 5. The van der Waals surface area contributed by atoms with Crippen molar-refractivity contribution in [3.05, 3.63) is 18.5 Å². The summed E-state index contributed by atoms with van der Waals surface area (Å²) in [7, 11) is 1.83. The van der Waals surface area contributed by atoms with Crippen molar-refractivity contribution in [3.8, 4) is 11.4 Å². The molecule has 0 aliphatic heterocycles. The van der Waals surface area contributed by atoms with E-state index in [2.05, 4.69) is 20.3 Å². The zero-order valence-electron chi connectivity index (χ0n) is 7.88. The van der Waals surface area contributed by atoms with E-state index in [1.165, 1.54) is 11.8 Å². The minimum atomic E-state index is 0.744. The van der Waals surface area contributed by atoms with Crippen LogP contribution in [0.2, 0.25) is 0 Å². The fraction of sp³-hybridized carbons (Fsp3) is 0.250. The zero-order chi connectivity index (χ0) is 9.97. The van der Waals surface area contributed by atoms with E-state index in [0.717, 1.165) is 16.5 Å². The Morgan fingerprint density at radius 2 is 2.21 bits per heavy atom. The number of nitrogens with zero attached hydrogens (tertiary/aromatic N) is 5. The van der Waals surface area contributed by atoms with Gasteiger partial charge < -0.3 is 0 Å².